The highest BCUT2D eigenvalue weighted by molar-refractivity contribution is 6.20. The van der Waals surface area contributed by atoms with Gasteiger partial charge in [0.05, 0.1) is 5.92 Å². The van der Waals surface area contributed by atoms with E-state index in [4.69, 9.17) is 16.3 Å². The van der Waals surface area contributed by atoms with Gasteiger partial charge in [-0.1, -0.05) is 27.2 Å². The zero-order valence-corrected chi connectivity index (χ0v) is 20.5. The quantitative estimate of drug-likeness (QED) is 0.578. The third kappa shape index (κ3) is 5.94. The summed E-state index contributed by atoms with van der Waals surface area (Å²) in [4.78, 5) is 28.4. The molecule has 0 bridgehead atoms. The molecule has 1 aliphatic carbocycles. The fraction of sp³-hybridized carbons (Fsp3) is 0.917. The van der Waals surface area contributed by atoms with Gasteiger partial charge in [-0.25, -0.2) is 0 Å². The van der Waals surface area contributed by atoms with Crippen LogP contribution in [0.4, 0.5) is 0 Å². The lowest BCUT2D eigenvalue weighted by Crippen LogP contribution is -2.56. The summed E-state index contributed by atoms with van der Waals surface area (Å²) in [7, 11) is 0. The van der Waals surface area contributed by atoms with Gasteiger partial charge in [-0.2, -0.15) is 0 Å². The Bertz CT molecular complexity index is 613. The molecule has 31 heavy (non-hydrogen) atoms. The van der Waals surface area contributed by atoms with E-state index in [2.05, 4.69) is 36.3 Å². The predicted molar refractivity (Wildman–Crippen MR) is 124 cm³/mol. The molecule has 7 atom stereocenters. The molecule has 7 heteroatoms. The highest BCUT2D eigenvalue weighted by atomic mass is 35.5. The number of nitrogens with one attached hydrogen (secondary N) is 2. The van der Waals surface area contributed by atoms with E-state index in [0.717, 1.165) is 58.3 Å². The summed E-state index contributed by atoms with van der Waals surface area (Å²) in [6.45, 7) is 11.6. The molecule has 3 rings (SSSR count). The second-order valence-corrected chi connectivity index (χ2v) is 10.6. The maximum atomic E-state index is 13.3. The number of alkyl halides is 1. The lowest BCUT2D eigenvalue weighted by molar-refractivity contribution is -0.132. The van der Waals surface area contributed by atoms with E-state index in [-0.39, 0.29) is 46.9 Å². The fourth-order valence-corrected chi connectivity index (χ4v) is 6.67. The normalized spacial score (nSPS) is 37.5. The van der Waals surface area contributed by atoms with Crippen LogP contribution in [0.5, 0.6) is 0 Å². The molecular formula is C24H42ClN3O3. The summed E-state index contributed by atoms with van der Waals surface area (Å²) in [6, 6.07) is 1.04. The zero-order valence-electron chi connectivity index (χ0n) is 19.7. The molecule has 0 aromatic carbocycles. The summed E-state index contributed by atoms with van der Waals surface area (Å²) < 4.78 is 5.58. The topological polar surface area (TPSA) is 70.7 Å². The van der Waals surface area contributed by atoms with Crippen molar-refractivity contribution in [3.63, 3.8) is 0 Å². The summed E-state index contributed by atoms with van der Waals surface area (Å²) >= 11 is 6.73. The van der Waals surface area contributed by atoms with Crippen molar-refractivity contribution < 1.29 is 14.3 Å². The van der Waals surface area contributed by atoms with Crippen molar-refractivity contribution in [3.8, 4) is 0 Å². The molecular weight excluding hydrogens is 414 g/mol. The standard InChI is InChI=1S/C24H42ClN3O3/c1-5-19-20(23(29)26-14-21-15(3)11-16(4)27-24(21)30)12-17(25)13-22(19)28(6-2)18-7-9-31-10-8-18/h15-22H,5-14H2,1-4H3,(H,26,29)(H,27,30). The number of rotatable bonds is 7. The molecule has 3 aliphatic rings. The monoisotopic (exact) mass is 455 g/mol. The fourth-order valence-electron chi connectivity index (χ4n) is 6.30. The predicted octanol–water partition coefficient (Wildman–Crippen LogP) is 3.18. The first-order chi connectivity index (χ1) is 14.8. The zero-order chi connectivity index (χ0) is 22.5. The van der Waals surface area contributed by atoms with Crippen LogP contribution in [0.25, 0.3) is 0 Å². The maximum Gasteiger partial charge on any atom is 0.225 e. The second kappa shape index (κ2) is 11.3. The Morgan fingerprint density at radius 2 is 1.90 bits per heavy atom. The number of amides is 2. The molecule has 2 saturated heterocycles. The number of hydrogen-bond donors (Lipinski definition) is 2. The van der Waals surface area contributed by atoms with Gasteiger partial charge in [0.25, 0.3) is 0 Å². The Hall–Kier alpha value is -0.850. The second-order valence-electron chi connectivity index (χ2n) is 9.96. The number of carbonyl (C=O) groups excluding carboxylic acids is 2. The van der Waals surface area contributed by atoms with Gasteiger partial charge >= 0.3 is 0 Å². The highest BCUT2D eigenvalue weighted by Gasteiger charge is 2.44. The van der Waals surface area contributed by atoms with Gasteiger partial charge in [-0.05, 0) is 57.4 Å². The van der Waals surface area contributed by atoms with E-state index in [1.165, 1.54) is 0 Å². The van der Waals surface area contributed by atoms with Gasteiger partial charge < -0.3 is 15.4 Å². The van der Waals surface area contributed by atoms with E-state index in [1.807, 2.05) is 6.92 Å². The minimum absolute atomic E-state index is 0.00944. The van der Waals surface area contributed by atoms with Gasteiger partial charge in [-0.15, -0.1) is 11.6 Å². The van der Waals surface area contributed by atoms with Crippen LogP contribution in [0.3, 0.4) is 0 Å². The van der Waals surface area contributed by atoms with Crippen molar-refractivity contribution in [2.75, 3.05) is 26.3 Å². The summed E-state index contributed by atoms with van der Waals surface area (Å²) in [6.07, 6.45) is 5.68. The first kappa shape index (κ1) is 24.8. The van der Waals surface area contributed by atoms with Crippen LogP contribution in [-0.4, -0.2) is 66.5 Å². The van der Waals surface area contributed by atoms with Crippen LogP contribution in [0, 0.1) is 23.7 Å². The Morgan fingerprint density at radius 3 is 2.52 bits per heavy atom. The number of nitrogens with zero attached hydrogens (tertiary/aromatic N) is 1. The number of ether oxygens (including phenoxy) is 1. The molecule has 0 aromatic rings. The molecule has 0 spiro atoms. The molecule has 2 heterocycles. The molecule has 178 valence electrons. The molecule has 2 amide bonds. The van der Waals surface area contributed by atoms with Gasteiger partial charge in [0.2, 0.25) is 11.8 Å². The number of carbonyl (C=O) groups is 2. The van der Waals surface area contributed by atoms with Gasteiger partial charge in [0, 0.05) is 49.2 Å². The van der Waals surface area contributed by atoms with Crippen LogP contribution >= 0.6 is 11.6 Å². The Morgan fingerprint density at radius 1 is 1.19 bits per heavy atom. The van der Waals surface area contributed by atoms with Crippen LogP contribution in [0.2, 0.25) is 0 Å². The van der Waals surface area contributed by atoms with E-state index in [0.29, 0.717) is 18.6 Å². The van der Waals surface area contributed by atoms with Crippen LogP contribution in [-0.2, 0) is 14.3 Å². The molecule has 0 aromatic heterocycles. The van der Waals surface area contributed by atoms with Crippen molar-refractivity contribution >= 4 is 23.4 Å². The van der Waals surface area contributed by atoms with Gasteiger partial charge in [0.15, 0.2) is 0 Å². The Balaban J connectivity index is 1.67. The van der Waals surface area contributed by atoms with Crippen molar-refractivity contribution in [1.82, 2.24) is 15.5 Å². The lowest BCUT2D eigenvalue weighted by atomic mass is 9.72. The Kier molecular flexibility index (Phi) is 9.06. The van der Waals surface area contributed by atoms with E-state index in [9.17, 15) is 9.59 Å². The molecule has 6 nitrogen and oxygen atoms in total. The van der Waals surface area contributed by atoms with Gasteiger partial charge in [-0.3, -0.25) is 14.5 Å². The van der Waals surface area contributed by atoms with Crippen LogP contribution in [0.1, 0.15) is 66.2 Å². The summed E-state index contributed by atoms with van der Waals surface area (Å²) in [5.74, 6) is 0.447. The average Bonchev–Trinajstić information content (AvgIpc) is 2.73. The number of hydrogen-bond acceptors (Lipinski definition) is 4. The number of halogens is 1. The minimum atomic E-state index is -0.152. The third-order valence-corrected chi connectivity index (χ3v) is 8.27. The maximum absolute atomic E-state index is 13.3. The van der Waals surface area contributed by atoms with Crippen LogP contribution < -0.4 is 10.6 Å². The minimum Gasteiger partial charge on any atom is -0.381 e. The SMILES string of the molecule is CCC1C(C(=O)NCC2C(=O)NC(C)CC2C)CC(Cl)CC1N(CC)C1CCOCC1. The highest BCUT2D eigenvalue weighted by Crippen LogP contribution is 2.39. The van der Waals surface area contributed by atoms with E-state index in [1.54, 1.807) is 0 Å². The molecule has 0 radical (unpaired) electrons. The van der Waals surface area contributed by atoms with Crippen LogP contribution in [0.15, 0.2) is 0 Å². The summed E-state index contributed by atoms with van der Waals surface area (Å²) in [5, 5.41) is 6.18. The van der Waals surface area contributed by atoms with E-state index >= 15 is 0 Å². The van der Waals surface area contributed by atoms with E-state index < -0.39 is 0 Å². The molecule has 1 saturated carbocycles. The van der Waals surface area contributed by atoms with Crippen molar-refractivity contribution in [1.29, 1.82) is 0 Å². The molecule has 2 aliphatic heterocycles. The number of piperidine rings is 1. The first-order valence-corrected chi connectivity index (χ1v) is 12.8. The third-order valence-electron chi connectivity index (χ3n) is 7.91. The Labute approximate surface area is 193 Å². The first-order valence-electron chi connectivity index (χ1n) is 12.4. The molecule has 3 fully saturated rings. The van der Waals surface area contributed by atoms with Gasteiger partial charge in [0.1, 0.15) is 0 Å². The van der Waals surface area contributed by atoms with Crippen molar-refractivity contribution in [3.05, 3.63) is 0 Å². The lowest BCUT2D eigenvalue weighted by Gasteiger charge is -2.48. The smallest absolute Gasteiger partial charge is 0.225 e. The summed E-state index contributed by atoms with van der Waals surface area (Å²) in [5.41, 5.74) is 0. The average molecular weight is 456 g/mol. The van der Waals surface area contributed by atoms with Crippen molar-refractivity contribution in [2.45, 2.75) is 89.7 Å². The molecule has 2 N–H and O–H groups in total. The van der Waals surface area contributed by atoms with Crippen molar-refractivity contribution in [2.24, 2.45) is 23.7 Å². The molecule has 7 unspecified atom stereocenters. The largest absolute Gasteiger partial charge is 0.381 e.